The van der Waals surface area contributed by atoms with Crippen LogP contribution in [0.1, 0.15) is 169 Å². The lowest BCUT2D eigenvalue weighted by Gasteiger charge is -2.39. The van der Waals surface area contributed by atoms with Gasteiger partial charge in [-0.2, -0.15) is 0 Å². The predicted octanol–water partition coefficient (Wildman–Crippen LogP) is 10.6. The number of piperidine rings is 1. The van der Waals surface area contributed by atoms with E-state index in [4.69, 9.17) is 10.5 Å². The molecule has 8 heteroatoms. The Bertz CT molecular complexity index is 1230. The minimum Gasteiger partial charge on any atom is -0.497 e. The molecular formula is C47H88N4O4. The van der Waals surface area contributed by atoms with Crippen LogP contribution in [0.2, 0.25) is 0 Å². The number of rotatable bonds is 16. The van der Waals surface area contributed by atoms with Crippen LogP contribution in [0.3, 0.4) is 0 Å². The summed E-state index contributed by atoms with van der Waals surface area (Å²) in [7, 11) is 0. The Morgan fingerprint density at radius 2 is 1.42 bits per heavy atom. The van der Waals surface area contributed by atoms with Crippen LogP contribution >= 0.6 is 0 Å². The molecule has 0 bridgehead atoms. The van der Waals surface area contributed by atoms with Gasteiger partial charge in [-0.15, -0.1) is 0 Å². The molecule has 0 spiro atoms. The van der Waals surface area contributed by atoms with Crippen molar-refractivity contribution in [3.8, 4) is 0 Å². The predicted molar refractivity (Wildman–Crippen MR) is 234 cm³/mol. The molecule has 0 radical (unpaired) electrons. The summed E-state index contributed by atoms with van der Waals surface area (Å²) < 4.78 is 5.67. The van der Waals surface area contributed by atoms with E-state index in [-0.39, 0.29) is 51.8 Å². The second kappa shape index (κ2) is 23.5. The Morgan fingerprint density at radius 1 is 0.873 bits per heavy atom. The van der Waals surface area contributed by atoms with Gasteiger partial charge < -0.3 is 26.0 Å². The zero-order valence-electron chi connectivity index (χ0n) is 38.7. The van der Waals surface area contributed by atoms with Gasteiger partial charge in [0.15, 0.2) is 5.78 Å². The van der Waals surface area contributed by atoms with Crippen LogP contribution in [-0.4, -0.2) is 53.8 Å². The van der Waals surface area contributed by atoms with Gasteiger partial charge in [-0.1, -0.05) is 162 Å². The van der Waals surface area contributed by atoms with Crippen LogP contribution < -0.4 is 16.4 Å². The molecule has 0 aromatic carbocycles. The highest BCUT2D eigenvalue weighted by molar-refractivity contribution is 5.92. The number of hydrogen-bond donors (Lipinski definition) is 3. The number of hydrogen-bond acceptors (Lipinski definition) is 6. The van der Waals surface area contributed by atoms with Crippen LogP contribution in [-0.2, 0) is 19.1 Å². The Balaban J connectivity index is 0.00000103. The Hall–Kier alpha value is -2.77. The molecule has 4 rings (SSSR count). The van der Waals surface area contributed by atoms with Gasteiger partial charge in [0.2, 0.25) is 11.8 Å². The van der Waals surface area contributed by atoms with Crippen LogP contribution in [0.25, 0.3) is 0 Å². The first-order valence-corrected chi connectivity index (χ1v) is 21.8. The number of fused-ring (bicyclic) bond motifs is 1. The quantitative estimate of drug-likeness (QED) is 0.106. The number of Topliss-reactive ketones (excluding diaryl/α,β-unsaturated/α-hetero) is 1. The average Bonchev–Trinajstić information content (AvgIpc) is 3.93. The van der Waals surface area contributed by atoms with E-state index >= 15 is 0 Å². The van der Waals surface area contributed by atoms with E-state index in [1.54, 1.807) is 6.92 Å². The van der Waals surface area contributed by atoms with Crippen molar-refractivity contribution in [2.24, 2.45) is 51.6 Å². The van der Waals surface area contributed by atoms with E-state index in [9.17, 15) is 14.4 Å². The Kier molecular flexibility index (Phi) is 22.3. The van der Waals surface area contributed by atoms with E-state index in [0.29, 0.717) is 42.1 Å². The molecular weight excluding hydrogens is 685 g/mol. The number of nitrogens with two attached hydrogens (primary N) is 1. The maximum absolute atomic E-state index is 13.7. The van der Waals surface area contributed by atoms with E-state index in [2.05, 4.69) is 78.8 Å². The summed E-state index contributed by atoms with van der Waals surface area (Å²) in [6, 6.07) is -0.866. The van der Waals surface area contributed by atoms with Crippen molar-refractivity contribution < 1.29 is 19.1 Å². The molecule has 4 unspecified atom stereocenters. The second-order valence-electron chi connectivity index (χ2n) is 18.8. The highest BCUT2D eigenvalue weighted by Crippen LogP contribution is 2.65. The molecule has 1 saturated heterocycles. The third-order valence-electron chi connectivity index (χ3n) is 11.8. The molecule has 1 heterocycles. The standard InChI is InChI=1S/C26H45N3O3.C11H19NO.C6H12.2C2H6/c1-15(2)32-14-19(24(5,6)7)27-17(4)28-22(25(8,9)10)23(31)29-13-18-20(26(18,11)12)21(29)16(3)30;1-3-10(8(2)11(12)13)7-9-5-4-6-9;1-2-3-6-4-5-6;2*1-2/h18-22,27-28H,1,4,13-14H2,2-3,5-12H3;9-10H,2-7H2,1H3,(H2,12,13);6H,2-5H2,1H3;2*1-2H3/t18-,19?,20-,21?,22?;;;;/m0..../s1. The smallest absolute Gasteiger partial charge is 0.246 e. The molecule has 2 amide bonds. The first-order valence-electron chi connectivity index (χ1n) is 21.8. The van der Waals surface area contributed by atoms with Crippen molar-refractivity contribution >= 4 is 17.6 Å². The lowest BCUT2D eigenvalue weighted by Crippen LogP contribution is -2.58. The lowest BCUT2D eigenvalue weighted by molar-refractivity contribution is -0.142. The van der Waals surface area contributed by atoms with Gasteiger partial charge in [0, 0.05) is 12.1 Å². The number of carbonyl (C=O) groups is 3. The fourth-order valence-corrected chi connectivity index (χ4v) is 7.66. The van der Waals surface area contributed by atoms with Gasteiger partial charge in [0.25, 0.3) is 0 Å². The van der Waals surface area contributed by atoms with Crippen LogP contribution in [0.15, 0.2) is 36.9 Å². The van der Waals surface area contributed by atoms with E-state index in [1.807, 2.05) is 60.3 Å². The number of likely N-dealkylation sites (tertiary alicyclic amines) is 1. The van der Waals surface area contributed by atoms with Gasteiger partial charge >= 0.3 is 0 Å². The van der Waals surface area contributed by atoms with Gasteiger partial charge in [0.1, 0.15) is 12.6 Å². The number of allylic oxidation sites excluding steroid dienone is 1. The number of nitrogens with one attached hydrogen (secondary N) is 2. The third kappa shape index (κ3) is 16.7. The molecule has 6 atom stereocenters. The Labute approximate surface area is 339 Å². The highest BCUT2D eigenvalue weighted by Gasteiger charge is 2.69. The Morgan fingerprint density at radius 3 is 1.76 bits per heavy atom. The fourth-order valence-electron chi connectivity index (χ4n) is 7.66. The zero-order valence-corrected chi connectivity index (χ0v) is 38.7. The minimum atomic E-state index is -0.507. The van der Waals surface area contributed by atoms with Crippen molar-refractivity contribution in [1.82, 2.24) is 15.5 Å². The summed E-state index contributed by atoms with van der Waals surface area (Å²) in [6.45, 7) is 45.5. The van der Waals surface area contributed by atoms with Gasteiger partial charge in [-0.05, 0) is 72.5 Å². The van der Waals surface area contributed by atoms with Crippen LogP contribution in [0.5, 0.6) is 0 Å². The summed E-state index contributed by atoms with van der Waals surface area (Å²) >= 11 is 0. The van der Waals surface area contributed by atoms with Crippen molar-refractivity contribution in [3.63, 3.8) is 0 Å². The molecule has 55 heavy (non-hydrogen) atoms. The summed E-state index contributed by atoms with van der Waals surface area (Å²) in [5.41, 5.74) is 5.50. The van der Waals surface area contributed by atoms with Gasteiger partial charge in [-0.25, -0.2) is 0 Å². The minimum absolute atomic E-state index is 0.0277. The van der Waals surface area contributed by atoms with Gasteiger partial charge in [-0.3, -0.25) is 14.4 Å². The molecule has 1 aliphatic heterocycles. The number of ether oxygens (including phenoxy) is 1. The zero-order chi connectivity index (χ0) is 43.1. The number of primary amides is 1. The molecule has 0 aromatic rings. The number of nitrogens with zero attached hydrogens (tertiary/aromatic N) is 1. The summed E-state index contributed by atoms with van der Waals surface area (Å²) in [4.78, 5) is 38.9. The van der Waals surface area contributed by atoms with E-state index < -0.39 is 6.04 Å². The molecule has 4 fully saturated rings. The normalized spacial score (nSPS) is 22.2. The summed E-state index contributed by atoms with van der Waals surface area (Å²) in [5.74, 6) is 3.90. The monoisotopic (exact) mass is 773 g/mol. The lowest BCUT2D eigenvalue weighted by atomic mass is 9.76. The number of carbonyl (C=O) groups excluding carboxylic acids is 3. The van der Waals surface area contributed by atoms with Crippen molar-refractivity contribution in [2.45, 2.75) is 187 Å². The number of amides is 2. The molecule has 4 N–H and O–H groups in total. The maximum atomic E-state index is 13.7. The molecule has 320 valence electrons. The maximum Gasteiger partial charge on any atom is 0.246 e. The average molecular weight is 773 g/mol. The first-order chi connectivity index (χ1) is 25.5. The first kappa shape index (κ1) is 52.2. The molecule has 4 aliphatic rings. The molecule has 3 aliphatic carbocycles. The summed E-state index contributed by atoms with van der Waals surface area (Å²) in [6.07, 6.45) is 12.0. The van der Waals surface area contributed by atoms with Crippen molar-refractivity contribution in [2.75, 3.05) is 13.2 Å². The van der Waals surface area contributed by atoms with E-state index in [0.717, 1.165) is 24.7 Å². The fraction of sp³-hybridized carbons (Fsp3) is 0.809. The highest BCUT2D eigenvalue weighted by atomic mass is 16.5. The van der Waals surface area contributed by atoms with Gasteiger partial charge in [0.05, 0.1) is 23.7 Å². The van der Waals surface area contributed by atoms with Crippen molar-refractivity contribution in [1.29, 1.82) is 0 Å². The molecule has 0 aromatic heterocycles. The molecule has 3 saturated carbocycles. The van der Waals surface area contributed by atoms with Crippen molar-refractivity contribution in [3.05, 3.63) is 36.9 Å². The van der Waals surface area contributed by atoms with Crippen LogP contribution in [0.4, 0.5) is 0 Å². The van der Waals surface area contributed by atoms with E-state index in [1.165, 1.54) is 44.9 Å². The third-order valence-corrected chi connectivity index (χ3v) is 11.8. The molecule has 8 nitrogen and oxygen atoms in total. The topological polar surface area (TPSA) is 114 Å². The van der Waals surface area contributed by atoms with Crippen LogP contribution in [0, 0.1) is 45.8 Å². The number of ketones is 1. The largest absolute Gasteiger partial charge is 0.497 e. The SMILES string of the molecule is C=C(C(N)=O)C(CC)CC1CCC1.C=C(NC(COC(=C)C)C(C)(C)C)NC(C(=O)N1C[C@H]2[C@@H](C1C(C)=O)C2(C)C)C(C)(C)C.CC.CC.CCCC1CC1. The second-order valence-corrected chi connectivity index (χ2v) is 18.8. The summed E-state index contributed by atoms with van der Waals surface area (Å²) in [5, 5.41) is 6.76.